The molecule has 0 aromatic heterocycles. The zero-order valence-electron chi connectivity index (χ0n) is 50.7. The molecule has 0 amide bonds. The SMILES string of the molecule is CC/C=C\C/C=C\C/C=C\C/C=C\CCCCC(=O)OCC(COC(=O)CCCCCCCCCC/C=C\C/C=C\C/C=C\CCCCCCC)OC(=O)CCCCCCCCCCC/C=C\CCCCCCCCCC. The minimum absolute atomic E-state index is 0.0951. The van der Waals surface area contributed by atoms with E-state index in [-0.39, 0.29) is 31.1 Å². The van der Waals surface area contributed by atoms with E-state index in [9.17, 15) is 14.4 Å². The molecular formula is C71H122O6. The van der Waals surface area contributed by atoms with Gasteiger partial charge in [0.1, 0.15) is 13.2 Å². The van der Waals surface area contributed by atoms with Gasteiger partial charge in [-0.2, -0.15) is 0 Å². The number of esters is 3. The molecule has 0 aliphatic heterocycles. The molecule has 442 valence electrons. The van der Waals surface area contributed by atoms with Crippen molar-refractivity contribution in [3.8, 4) is 0 Å². The lowest BCUT2D eigenvalue weighted by Gasteiger charge is -2.18. The summed E-state index contributed by atoms with van der Waals surface area (Å²) in [5, 5.41) is 0. The van der Waals surface area contributed by atoms with E-state index in [2.05, 4.69) is 118 Å². The van der Waals surface area contributed by atoms with E-state index in [1.807, 2.05) is 0 Å². The highest BCUT2D eigenvalue weighted by Gasteiger charge is 2.19. The first kappa shape index (κ1) is 73.3. The van der Waals surface area contributed by atoms with Crippen LogP contribution < -0.4 is 0 Å². The molecule has 0 saturated heterocycles. The van der Waals surface area contributed by atoms with Crippen molar-refractivity contribution in [3.63, 3.8) is 0 Å². The third kappa shape index (κ3) is 63.0. The fraction of sp³-hybridized carbons (Fsp3) is 0.732. The van der Waals surface area contributed by atoms with Crippen LogP contribution in [0.4, 0.5) is 0 Å². The number of hydrogen-bond acceptors (Lipinski definition) is 6. The average molecular weight is 1070 g/mol. The average Bonchev–Trinajstić information content (AvgIpc) is 3.43. The van der Waals surface area contributed by atoms with Gasteiger partial charge >= 0.3 is 17.9 Å². The maximum absolute atomic E-state index is 12.9. The second-order valence-electron chi connectivity index (χ2n) is 21.6. The summed E-state index contributed by atoms with van der Waals surface area (Å²) in [4.78, 5) is 38.3. The standard InChI is InChI=1S/C71H122O6/c1-4-7-10-13-16-19-22-25-28-30-32-34-35-37-38-40-43-46-49-52-55-58-61-64-70(73)76-67-68(66-75-69(72)63-60-57-54-51-48-45-42-27-24-21-18-15-12-9-6-3)77-71(74)65-62-59-56-53-50-47-44-41-39-36-33-31-29-26-23-20-17-14-11-8-5-2/h9,12,18,21-22,25,27,30-33,35,37,42,48,51,68H,4-8,10-11,13-17,19-20,23-24,26,28-29,34,36,38-41,43-47,49-50,52-67H2,1-3H3/b12-9-,21-18-,25-22-,32-30-,33-31-,37-35-,42-27-,51-48-. The molecule has 0 aromatic rings. The molecule has 1 unspecified atom stereocenters. The quantitative estimate of drug-likeness (QED) is 0.0261. The number of carbonyl (C=O) groups is 3. The van der Waals surface area contributed by atoms with Gasteiger partial charge in [-0.1, -0.05) is 272 Å². The summed E-state index contributed by atoms with van der Waals surface area (Å²) in [7, 11) is 0. The van der Waals surface area contributed by atoms with E-state index in [0.29, 0.717) is 19.3 Å². The molecule has 1 atom stereocenters. The van der Waals surface area contributed by atoms with E-state index >= 15 is 0 Å². The highest BCUT2D eigenvalue weighted by molar-refractivity contribution is 5.71. The zero-order chi connectivity index (χ0) is 55.7. The summed E-state index contributed by atoms with van der Waals surface area (Å²) in [6.07, 6.45) is 87.0. The van der Waals surface area contributed by atoms with Gasteiger partial charge in [0.15, 0.2) is 6.10 Å². The summed E-state index contributed by atoms with van der Waals surface area (Å²) < 4.78 is 16.9. The molecule has 0 heterocycles. The Morgan fingerprint density at radius 3 is 0.831 bits per heavy atom. The van der Waals surface area contributed by atoms with E-state index in [4.69, 9.17) is 14.2 Å². The number of unbranched alkanes of at least 4 members (excludes halogenated alkanes) is 32. The second kappa shape index (κ2) is 64.9. The summed E-state index contributed by atoms with van der Waals surface area (Å²) >= 11 is 0. The monoisotopic (exact) mass is 1070 g/mol. The summed E-state index contributed by atoms with van der Waals surface area (Å²) in [5.41, 5.74) is 0. The lowest BCUT2D eigenvalue weighted by Crippen LogP contribution is -2.30. The van der Waals surface area contributed by atoms with Crippen LogP contribution in [-0.4, -0.2) is 37.2 Å². The number of rotatable bonds is 59. The Bertz CT molecular complexity index is 1510. The van der Waals surface area contributed by atoms with Crippen molar-refractivity contribution < 1.29 is 28.6 Å². The largest absolute Gasteiger partial charge is 0.462 e. The predicted molar refractivity (Wildman–Crippen MR) is 334 cm³/mol. The Morgan fingerprint density at radius 2 is 0.506 bits per heavy atom. The predicted octanol–water partition coefficient (Wildman–Crippen LogP) is 22.4. The van der Waals surface area contributed by atoms with Crippen LogP contribution in [0.5, 0.6) is 0 Å². The number of hydrogen-bond donors (Lipinski definition) is 0. The first-order chi connectivity index (χ1) is 38.0. The minimum Gasteiger partial charge on any atom is -0.462 e. The molecule has 0 aliphatic rings. The van der Waals surface area contributed by atoms with Crippen LogP contribution in [0, 0.1) is 0 Å². The summed E-state index contributed by atoms with van der Waals surface area (Å²) in [6, 6.07) is 0. The van der Waals surface area contributed by atoms with Crippen LogP contribution in [0.1, 0.15) is 316 Å². The molecule has 0 aliphatic carbocycles. The first-order valence-electron chi connectivity index (χ1n) is 32.7. The molecule has 0 N–H and O–H groups in total. The molecule has 0 bridgehead atoms. The van der Waals surface area contributed by atoms with Crippen LogP contribution in [0.15, 0.2) is 97.2 Å². The van der Waals surface area contributed by atoms with E-state index < -0.39 is 6.10 Å². The van der Waals surface area contributed by atoms with Crippen molar-refractivity contribution in [1.82, 2.24) is 0 Å². The normalized spacial score (nSPS) is 12.7. The fourth-order valence-electron chi connectivity index (χ4n) is 9.14. The molecule has 0 saturated carbocycles. The molecule has 77 heavy (non-hydrogen) atoms. The lowest BCUT2D eigenvalue weighted by atomic mass is 10.1. The molecule has 0 aromatic carbocycles. The Morgan fingerprint density at radius 1 is 0.273 bits per heavy atom. The minimum atomic E-state index is -0.801. The summed E-state index contributed by atoms with van der Waals surface area (Å²) in [6.45, 7) is 6.50. The van der Waals surface area contributed by atoms with E-state index in [1.165, 1.54) is 173 Å². The Hall–Kier alpha value is -3.67. The number of carbonyl (C=O) groups excluding carboxylic acids is 3. The van der Waals surface area contributed by atoms with Gasteiger partial charge in [-0.05, 0) is 122 Å². The highest BCUT2D eigenvalue weighted by Crippen LogP contribution is 2.16. The molecular weight excluding hydrogens is 949 g/mol. The first-order valence-corrected chi connectivity index (χ1v) is 32.7. The van der Waals surface area contributed by atoms with Crippen molar-refractivity contribution in [2.45, 2.75) is 322 Å². The molecule has 0 rings (SSSR count). The third-order valence-corrected chi connectivity index (χ3v) is 14.0. The van der Waals surface area contributed by atoms with Gasteiger partial charge in [0.25, 0.3) is 0 Å². The van der Waals surface area contributed by atoms with Crippen molar-refractivity contribution in [3.05, 3.63) is 97.2 Å². The van der Waals surface area contributed by atoms with Gasteiger partial charge in [-0.15, -0.1) is 0 Å². The molecule has 0 radical (unpaired) electrons. The topological polar surface area (TPSA) is 78.9 Å². The van der Waals surface area contributed by atoms with Gasteiger partial charge in [-0.3, -0.25) is 14.4 Å². The van der Waals surface area contributed by atoms with Crippen molar-refractivity contribution in [2.75, 3.05) is 13.2 Å². The Balaban J connectivity index is 4.40. The van der Waals surface area contributed by atoms with Crippen molar-refractivity contribution in [2.24, 2.45) is 0 Å². The zero-order valence-corrected chi connectivity index (χ0v) is 50.7. The van der Waals surface area contributed by atoms with Crippen LogP contribution in [-0.2, 0) is 28.6 Å². The van der Waals surface area contributed by atoms with Gasteiger partial charge in [0.05, 0.1) is 0 Å². The Labute approximate surface area is 477 Å². The van der Waals surface area contributed by atoms with Crippen molar-refractivity contribution in [1.29, 1.82) is 0 Å². The molecule has 6 heteroatoms. The van der Waals surface area contributed by atoms with E-state index in [0.717, 1.165) is 103 Å². The van der Waals surface area contributed by atoms with Crippen LogP contribution in [0.25, 0.3) is 0 Å². The van der Waals surface area contributed by atoms with Gasteiger partial charge in [0, 0.05) is 19.3 Å². The fourth-order valence-corrected chi connectivity index (χ4v) is 9.14. The summed E-state index contributed by atoms with van der Waals surface area (Å²) in [5.74, 6) is -0.937. The smallest absolute Gasteiger partial charge is 0.306 e. The third-order valence-electron chi connectivity index (χ3n) is 14.0. The van der Waals surface area contributed by atoms with Crippen molar-refractivity contribution >= 4 is 17.9 Å². The van der Waals surface area contributed by atoms with Crippen LogP contribution in [0.2, 0.25) is 0 Å². The van der Waals surface area contributed by atoms with E-state index in [1.54, 1.807) is 0 Å². The van der Waals surface area contributed by atoms with Gasteiger partial charge in [-0.25, -0.2) is 0 Å². The molecule has 0 spiro atoms. The lowest BCUT2D eigenvalue weighted by molar-refractivity contribution is -0.167. The van der Waals surface area contributed by atoms with Crippen LogP contribution >= 0.6 is 0 Å². The molecule has 0 fully saturated rings. The Kier molecular flexibility index (Phi) is 61.8. The highest BCUT2D eigenvalue weighted by atomic mass is 16.6. The van der Waals surface area contributed by atoms with Gasteiger partial charge in [0.2, 0.25) is 0 Å². The number of ether oxygens (including phenoxy) is 3. The maximum Gasteiger partial charge on any atom is 0.306 e. The number of allylic oxidation sites excluding steroid dienone is 16. The second-order valence-corrected chi connectivity index (χ2v) is 21.6. The van der Waals surface area contributed by atoms with Crippen LogP contribution in [0.3, 0.4) is 0 Å². The molecule has 6 nitrogen and oxygen atoms in total. The van der Waals surface area contributed by atoms with Gasteiger partial charge < -0.3 is 14.2 Å². The maximum atomic E-state index is 12.9.